The van der Waals surface area contributed by atoms with Crippen molar-refractivity contribution in [2.75, 3.05) is 13.2 Å². The lowest BCUT2D eigenvalue weighted by atomic mass is 10.0. The van der Waals surface area contributed by atoms with Crippen molar-refractivity contribution in [3.05, 3.63) is 34.1 Å². The lowest BCUT2D eigenvalue weighted by Crippen LogP contribution is -2.38. The highest BCUT2D eigenvalue weighted by Crippen LogP contribution is 2.18. The zero-order valence-corrected chi connectivity index (χ0v) is 12.1. The summed E-state index contributed by atoms with van der Waals surface area (Å²) in [5, 5.41) is 0. The van der Waals surface area contributed by atoms with Crippen molar-refractivity contribution in [2.24, 2.45) is 5.84 Å². The Balaban J connectivity index is 2.43. The summed E-state index contributed by atoms with van der Waals surface area (Å²) in [6, 6.07) is 4.24. The molecule has 0 radical (unpaired) electrons. The van der Waals surface area contributed by atoms with Gasteiger partial charge in [-0.05, 0) is 30.5 Å². The Bertz CT molecular complexity index is 428. The molecule has 1 rings (SSSR count). The van der Waals surface area contributed by atoms with Crippen LogP contribution < -0.4 is 11.3 Å². The summed E-state index contributed by atoms with van der Waals surface area (Å²) in [4.78, 5) is 0. The van der Waals surface area contributed by atoms with Crippen LogP contribution in [0.4, 0.5) is 17.6 Å². The minimum Gasteiger partial charge on any atom is -0.372 e. The predicted octanol–water partition coefficient (Wildman–Crippen LogP) is 2.93. The van der Waals surface area contributed by atoms with Gasteiger partial charge in [-0.1, -0.05) is 22.0 Å². The van der Waals surface area contributed by atoms with Gasteiger partial charge in [-0.15, -0.1) is 0 Å². The van der Waals surface area contributed by atoms with Gasteiger partial charge in [-0.2, -0.15) is 13.2 Å². The van der Waals surface area contributed by atoms with E-state index in [1.54, 1.807) is 12.1 Å². The van der Waals surface area contributed by atoms with Crippen molar-refractivity contribution < 1.29 is 22.3 Å². The average Bonchev–Trinajstić information content (AvgIpc) is 2.34. The number of hydrazine groups is 1. The van der Waals surface area contributed by atoms with E-state index in [9.17, 15) is 17.6 Å². The maximum atomic E-state index is 13.6. The monoisotopic (exact) mass is 358 g/mol. The summed E-state index contributed by atoms with van der Waals surface area (Å²) in [6.45, 7) is -1.40. The molecule has 3 nitrogen and oxygen atoms in total. The van der Waals surface area contributed by atoms with Gasteiger partial charge < -0.3 is 4.74 Å². The highest BCUT2D eigenvalue weighted by atomic mass is 79.9. The zero-order valence-electron chi connectivity index (χ0n) is 10.5. The first kappa shape index (κ1) is 17.4. The first-order valence-electron chi connectivity index (χ1n) is 5.86. The van der Waals surface area contributed by atoms with Crippen LogP contribution in [0.5, 0.6) is 0 Å². The number of benzene rings is 1. The van der Waals surface area contributed by atoms with E-state index >= 15 is 0 Å². The summed E-state index contributed by atoms with van der Waals surface area (Å²) < 4.78 is 54.4. The molecular weight excluding hydrogens is 344 g/mol. The number of hydrogen-bond acceptors (Lipinski definition) is 3. The molecule has 8 heteroatoms. The Morgan fingerprint density at radius 3 is 2.60 bits per heavy atom. The Morgan fingerprint density at radius 2 is 2.05 bits per heavy atom. The van der Waals surface area contributed by atoms with Crippen LogP contribution in [0.1, 0.15) is 12.0 Å². The Hall–Kier alpha value is -0.700. The van der Waals surface area contributed by atoms with Crippen LogP contribution in [-0.4, -0.2) is 25.4 Å². The topological polar surface area (TPSA) is 47.3 Å². The standard InChI is InChI=1S/C12H15BrF4N2O/c13-9-2-1-8(11(14)6-9)5-10(19-18)3-4-20-7-12(15,16)17/h1-2,6,10,19H,3-5,7,18H2. The molecule has 0 fully saturated rings. The van der Waals surface area contributed by atoms with E-state index in [0.29, 0.717) is 10.0 Å². The summed E-state index contributed by atoms with van der Waals surface area (Å²) in [6.07, 6.45) is -3.82. The van der Waals surface area contributed by atoms with Gasteiger partial charge in [-0.25, -0.2) is 4.39 Å². The molecular formula is C12H15BrF4N2O. The van der Waals surface area contributed by atoms with Gasteiger partial charge in [0.2, 0.25) is 0 Å². The first-order chi connectivity index (χ1) is 9.31. The van der Waals surface area contributed by atoms with Crippen molar-refractivity contribution in [3.63, 3.8) is 0 Å². The molecule has 20 heavy (non-hydrogen) atoms. The fraction of sp³-hybridized carbons (Fsp3) is 0.500. The molecule has 1 aromatic carbocycles. The smallest absolute Gasteiger partial charge is 0.372 e. The van der Waals surface area contributed by atoms with Gasteiger partial charge in [0.15, 0.2) is 0 Å². The van der Waals surface area contributed by atoms with E-state index in [2.05, 4.69) is 26.1 Å². The average molecular weight is 359 g/mol. The molecule has 1 atom stereocenters. The van der Waals surface area contributed by atoms with Crippen LogP contribution in [0, 0.1) is 5.82 Å². The predicted molar refractivity (Wildman–Crippen MR) is 70.4 cm³/mol. The molecule has 0 aromatic heterocycles. The highest BCUT2D eigenvalue weighted by molar-refractivity contribution is 9.10. The largest absolute Gasteiger partial charge is 0.411 e. The van der Waals surface area contributed by atoms with E-state index in [1.165, 1.54) is 6.07 Å². The lowest BCUT2D eigenvalue weighted by molar-refractivity contribution is -0.174. The van der Waals surface area contributed by atoms with Crippen LogP contribution in [0.3, 0.4) is 0 Å². The van der Waals surface area contributed by atoms with Gasteiger partial charge in [0.25, 0.3) is 0 Å². The quantitative estimate of drug-likeness (QED) is 0.341. The number of nitrogens with one attached hydrogen (secondary N) is 1. The second-order valence-corrected chi connectivity index (χ2v) is 5.18. The van der Waals surface area contributed by atoms with Crippen LogP contribution in [0.15, 0.2) is 22.7 Å². The fourth-order valence-corrected chi connectivity index (χ4v) is 1.94. The Morgan fingerprint density at radius 1 is 1.35 bits per heavy atom. The van der Waals surface area contributed by atoms with E-state index < -0.39 is 18.6 Å². The van der Waals surface area contributed by atoms with Crippen molar-refractivity contribution in [3.8, 4) is 0 Å². The summed E-state index contributed by atoms with van der Waals surface area (Å²) in [5.41, 5.74) is 2.89. The van der Waals surface area contributed by atoms with Crippen LogP contribution in [0.2, 0.25) is 0 Å². The van der Waals surface area contributed by atoms with Crippen LogP contribution in [-0.2, 0) is 11.2 Å². The fourth-order valence-electron chi connectivity index (χ4n) is 1.61. The highest BCUT2D eigenvalue weighted by Gasteiger charge is 2.27. The van der Waals surface area contributed by atoms with E-state index in [0.717, 1.165) is 0 Å². The van der Waals surface area contributed by atoms with Crippen molar-refractivity contribution in [1.29, 1.82) is 0 Å². The van der Waals surface area contributed by atoms with Crippen molar-refractivity contribution in [2.45, 2.75) is 25.1 Å². The molecule has 0 aliphatic carbocycles. The molecule has 0 aliphatic heterocycles. The molecule has 0 heterocycles. The number of hydrogen-bond donors (Lipinski definition) is 2. The Kier molecular flexibility index (Phi) is 6.87. The van der Waals surface area contributed by atoms with Gasteiger partial charge in [-0.3, -0.25) is 11.3 Å². The molecule has 0 spiro atoms. The molecule has 0 amide bonds. The minimum absolute atomic E-state index is 0.105. The third-order valence-electron chi connectivity index (χ3n) is 2.59. The number of rotatable bonds is 7. The maximum Gasteiger partial charge on any atom is 0.411 e. The second-order valence-electron chi connectivity index (χ2n) is 4.26. The summed E-state index contributed by atoms with van der Waals surface area (Å²) in [7, 11) is 0. The number of ether oxygens (including phenoxy) is 1. The molecule has 3 N–H and O–H groups in total. The SMILES string of the molecule is NNC(CCOCC(F)(F)F)Cc1ccc(Br)cc1F. The molecule has 1 unspecified atom stereocenters. The van der Waals surface area contributed by atoms with Crippen LogP contribution in [0.25, 0.3) is 0 Å². The van der Waals surface area contributed by atoms with E-state index in [-0.39, 0.29) is 25.5 Å². The molecule has 0 saturated carbocycles. The molecule has 1 aromatic rings. The molecule has 114 valence electrons. The van der Waals surface area contributed by atoms with E-state index in [1.807, 2.05) is 0 Å². The second kappa shape index (κ2) is 7.92. The number of nitrogens with two attached hydrogens (primary N) is 1. The van der Waals surface area contributed by atoms with Crippen molar-refractivity contribution >= 4 is 15.9 Å². The normalized spacial score (nSPS) is 13.5. The third kappa shape index (κ3) is 6.65. The van der Waals surface area contributed by atoms with Crippen LogP contribution >= 0.6 is 15.9 Å². The van der Waals surface area contributed by atoms with Gasteiger partial charge in [0.1, 0.15) is 12.4 Å². The first-order valence-corrected chi connectivity index (χ1v) is 6.65. The van der Waals surface area contributed by atoms with Gasteiger partial charge >= 0.3 is 6.18 Å². The number of alkyl halides is 3. The van der Waals surface area contributed by atoms with E-state index in [4.69, 9.17) is 5.84 Å². The lowest BCUT2D eigenvalue weighted by Gasteiger charge is -2.17. The maximum absolute atomic E-state index is 13.6. The van der Waals surface area contributed by atoms with Crippen molar-refractivity contribution in [1.82, 2.24) is 5.43 Å². The Labute approximate surface area is 122 Å². The molecule has 0 aliphatic rings. The van der Waals surface area contributed by atoms with Gasteiger partial charge in [0.05, 0.1) is 0 Å². The third-order valence-corrected chi connectivity index (χ3v) is 3.09. The van der Waals surface area contributed by atoms with Gasteiger partial charge in [0, 0.05) is 17.1 Å². The zero-order chi connectivity index (χ0) is 15.2. The minimum atomic E-state index is -4.34. The number of halogens is 5. The summed E-state index contributed by atoms with van der Waals surface area (Å²) in [5.74, 6) is 4.92. The molecule has 0 saturated heterocycles. The summed E-state index contributed by atoms with van der Waals surface area (Å²) >= 11 is 3.14. The molecule has 0 bridgehead atoms.